The Balaban J connectivity index is 1.98. The van der Waals surface area contributed by atoms with Crippen LogP contribution in [-0.2, 0) is 4.74 Å². The van der Waals surface area contributed by atoms with Crippen LogP contribution < -0.4 is 11.1 Å². The maximum Gasteiger partial charge on any atom is 0.412 e. The van der Waals surface area contributed by atoms with Crippen LogP contribution in [0.1, 0.15) is 19.8 Å². The molecule has 0 bridgehead atoms. The molecule has 0 atom stereocenters. The number of carbonyl (C=O) groups is 1. The van der Waals surface area contributed by atoms with E-state index in [9.17, 15) is 4.79 Å². The van der Waals surface area contributed by atoms with Crippen LogP contribution in [0, 0.1) is 0 Å². The van der Waals surface area contributed by atoms with Crippen LogP contribution in [-0.4, -0.2) is 17.7 Å². The lowest BCUT2D eigenvalue weighted by Crippen LogP contribution is -2.15. The van der Waals surface area contributed by atoms with Crippen LogP contribution in [0.5, 0.6) is 0 Å². The first-order chi connectivity index (χ1) is 11.2. The van der Waals surface area contributed by atoms with Crippen LogP contribution in [0.25, 0.3) is 0 Å². The van der Waals surface area contributed by atoms with E-state index in [-0.39, 0.29) is 5.82 Å². The molecule has 3 N–H and O–H groups in total. The molecule has 0 aliphatic carbocycles. The molecule has 1 aromatic carbocycles. The minimum absolute atomic E-state index is 0.177. The average Bonchev–Trinajstić information content (AvgIpc) is 2.55. The third kappa shape index (κ3) is 5.39. The minimum atomic E-state index is -0.552. The van der Waals surface area contributed by atoms with Gasteiger partial charge in [-0.2, -0.15) is 5.11 Å². The minimum Gasteiger partial charge on any atom is -0.449 e. The normalized spacial score (nSPS) is 10.7. The van der Waals surface area contributed by atoms with Gasteiger partial charge in [0.05, 0.1) is 12.3 Å². The second-order valence-corrected chi connectivity index (χ2v) is 4.75. The van der Waals surface area contributed by atoms with E-state index in [1.54, 1.807) is 12.1 Å². The number of amides is 1. The Bertz CT molecular complexity index is 673. The molecule has 1 heterocycles. The second kappa shape index (κ2) is 8.47. The molecule has 2 aromatic rings. The van der Waals surface area contributed by atoms with Crippen molar-refractivity contribution in [1.29, 1.82) is 0 Å². The quantitative estimate of drug-likeness (QED) is 0.608. The standard InChI is InChI=1S/C16H19N5O2/c1-2-3-11-23-16(22)19-14-10-9-13(15(17)18-14)21-20-12-7-5-4-6-8-12/h4-10H,2-3,11H2,1H3,(H3,17,18,19,22). The number of anilines is 2. The summed E-state index contributed by atoms with van der Waals surface area (Å²) in [5, 5.41) is 10.6. The zero-order valence-electron chi connectivity index (χ0n) is 12.9. The average molecular weight is 313 g/mol. The van der Waals surface area contributed by atoms with Gasteiger partial charge in [-0.05, 0) is 30.7 Å². The molecule has 0 unspecified atom stereocenters. The summed E-state index contributed by atoms with van der Waals surface area (Å²) in [6.45, 7) is 2.40. The lowest BCUT2D eigenvalue weighted by atomic mass is 10.3. The fraction of sp³-hybridized carbons (Fsp3) is 0.250. The fourth-order valence-electron chi connectivity index (χ4n) is 1.68. The van der Waals surface area contributed by atoms with Crippen molar-refractivity contribution in [3.63, 3.8) is 0 Å². The maximum absolute atomic E-state index is 11.5. The first-order valence-electron chi connectivity index (χ1n) is 7.36. The number of nitrogens with zero attached hydrogens (tertiary/aromatic N) is 3. The van der Waals surface area contributed by atoms with E-state index < -0.39 is 6.09 Å². The molecule has 7 heteroatoms. The predicted octanol–water partition coefficient (Wildman–Crippen LogP) is 4.43. The van der Waals surface area contributed by atoms with E-state index in [1.165, 1.54) is 0 Å². The number of hydrogen-bond acceptors (Lipinski definition) is 6. The molecule has 7 nitrogen and oxygen atoms in total. The number of aromatic nitrogens is 1. The Kier molecular flexibility index (Phi) is 6.05. The van der Waals surface area contributed by atoms with E-state index in [2.05, 4.69) is 20.5 Å². The summed E-state index contributed by atoms with van der Waals surface area (Å²) in [5.41, 5.74) is 6.97. The highest BCUT2D eigenvalue weighted by Crippen LogP contribution is 2.24. The van der Waals surface area contributed by atoms with Gasteiger partial charge in [-0.25, -0.2) is 9.78 Å². The molecule has 0 fully saturated rings. The molecule has 0 saturated carbocycles. The summed E-state index contributed by atoms with van der Waals surface area (Å²) < 4.78 is 4.99. The summed E-state index contributed by atoms with van der Waals surface area (Å²) in [7, 11) is 0. The third-order valence-electron chi connectivity index (χ3n) is 2.89. The maximum atomic E-state index is 11.5. The summed E-state index contributed by atoms with van der Waals surface area (Å²) in [6, 6.07) is 12.5. The zero-order chi connectivity index (χ0) is 16.5. The fourth-order valence-corrected chi connectivity index (χ4v) is 1.68. The van der Waals surface area contributed by atoms with Crippen molar-refractivity contribution in [1.82, 2.24) is 4.98 Å². The van der Waals surface area contributed by atoms with Crippen LogP contribution in [0.4, 0.5) is 27.8 Å². The largest absolute Gasteiger partial charge is 0.449 e. The highest BCUT2D eigenvalue weighted by molar-refractivity contribution is 5.84. The number of azo groups is 1. The summed E-state index contributed by atoms with van der Waals surface area (Å²) >= 11 is 0. The molecule has 0 spiro atoms. The number of carbonyl (C=O) groups excluding carboxylic acids is 1. The van der Waals surface area contributed by atoms with Crippen molar-refractivity contribution in [3.8, 4) is 0 Å². The van der Waals surface area contributed by atoms with Gasteiger partial charge in [0, 0.05) is 0 Å². The van der Waals surface area contributed by atoms with Gasteiger partial charge >= 0.3 is 6.09 Å². The Hall–Kier alpha value is -2.96. The molecular formula is C16H19N5O2. The van der Waals surface area contributed by atoms with E-state index in [0.717, 1.165) is 12.8 Å². The topological polar surface area (TPSA) is 102 Å². The monoisotopic (exact) mass is 313 g/mol. The Morgan fingerprint density at radius 2 is 2.00 bits per heavy atom. The SMILES string of the molecule is CCCCOC(=O)Nc1ccc(N=Nc2ccccc2)c(N)n1. The number of rotatable bonds is 6. The van der Waals surface area contributed by atoms with Crippen LogP contribution >= 0.6 is 0 Å². The van der Waals surface area contributed by atoms with Gasteiger partial charge in [-0.3, -0.25) is 5.32 Å². The number of hydrogen-bond donors (Lipinski definition) is 2. The number of nitrogens with one attached hydrogen (secondary N) is 1. The third-order valence-corrected chi connectivity index (χ3v) is 2.89. The molecule has 0 aliphatic heterocycles. The Morgan fingerprint density at radius 3 is 2.70 bits per heavy atom. The van der Waals surface area contributed by atoms with Crippen molar-refractivity contribution in [2.24, 2.45) is 10.2 Å². The van der Waals surface area contributed by atoms with Gasteiger partial charge in [0.25, 0.3) is 0 Å². The molecule has 0 aliphatic rings. The van der Waals surface area contributed by atoms with Crippen molar-refractivity contribution in [2.45, 2.75) is 19.8 Å². The number of nitrogens with two attached hydrogens (primary N) is 1. The molecule has 0 radical (unpaired) electrons. The van der Waals surface area contributed by atoms with Crippen LogP contribution in [0.15, 0.2) is 52.7 Å². The first kappa shape index (κ1) is 16.4. The van der Waals surface area contributed by atoms with E-state index in [1.807, 2.05) is 37.3 Å². The van der Waals surface area contributed by atoms with Crippen molar-refractivity contribution >= 4 is 29.1 Å². The molecule has 1 aromatic heterocycles. The molecule has 1 amide bonds. The summed E-state index contributed by atoms with van der Waals surface area (Å²) in [6.07, 6.45) is 1.23. The zero-order valence-corrected chi connectivity index (χ0v) is 12.9. The summed E-state index contributed by atoms with van der Waals surface area (Å²) in [4.78, 5) is 15.6. The lowest BCUT2D eigenvalue weighted by Gasteiger charge is -2.07. The van der Waals surface area contributed by atoms with Crippen LogP contribution in [0.3, 0.4) is 0 Å². The van der Waals surface area contributed by atoms with Crippen LogP contribution in [0.2, 0.25) is 0 Å². The van der Waals surface area contributed by atoms with E-state index in [4.69, 9.17) is 10.5 Å². The Morgan fingerprint density at radius 1 is 1.22 bits per heavy atom. The predicted molar refractivity (Wildman–Crippen MR) is 89.1 cm³/mol. The smallest absolute Gasteiger partial charge is 0.412 e. The number of unbranched alkanes of at least 4 members (excludes halogenated alkanes) is 1. The summed E-state index contributed by atoms with van der Waals surface area (Å²) in [5.74, 6) is 0.485. The number of nitrogen functional groups attached to an aromatic ring is 1. The van der Waals surface area contributed by atoms with Gasteiger partial charge in [0.2, 0.25) is 0 Å². The number of pyridine rings is 1. The highest BCUT2D eigenvalue weighted by Gasteiger charge is 2.06. The first-order valence-corrected chi connectivity index (χ1v) is 7.36. The van der Waals surface area contributed by atoms with Gasteiger partial charge in [0.15, 0.2) is 5.82 Å². The molecule has 120 valence electrons. The second-order valence-electron chi connectivity index (χ2n) is 4.75. The van der Waals surface area contributed by atoms with Gasteiger partial charge < -0.3 is 10.5 Å². The molecule has 2 rings (SSSR count). The molecule has 23 heavy (non-hydrogen) atoms. The van der Waals surface area contributed by atoms with Crippen molar-refractivity contribution in [2.75, 3.05) is 17.7 Å². The molecule has 0 saturated heterocycles. The Labute approximate surface area is 134 Å². The van der Waals surface area contributed by atoms with Crippen molar-refractivity contribution < 1.29 is 9.53 Å². The van der Waals surface area contributed by atoms with Gasteiger partial charge in [-0.15, -0.1) is 5.11 Å². The van der Waals surface area contributed by atoms with E-state index in [0.29, 0.717) is 23.8 Å². The van der Waals surface area contributed by atoms with Gasteiger partial charge in [0.1, 0.15) is 11.5 Å². The number of ether oxygens (including phenoxy) is 1. The van der Waals surface area contributed by atoms with Crippen molar-refractivity contribution in [3.05, 3.63) is 42.5 Å². The highest BCUT2D eigenvalue weighted by atomic mass is 16.5. The number of benzene rings is 1. The molecular weight excluding hydrogens is 294 g/mol. The lowest BCUT2D eigenvalue weighted by molar-refractivity contribution is 0.160. The van der Waals surface area contributed by atoms with Gasteiger partial charge in [-0.1, -0.05) is 31.5 Å². The van der Waals surface area contributed by atoms with E-state index >= 15 is 0 Å².